The fourth-order valence-electron chi connectivity index (χ4n) is 1.97. The molecular weight excluding hydrogens is 336 g/mol. The number of hydrogen-bond acceptors (Lipinski definition) is 4. The van der Waals surface area contributed by atoms with Gasteiger partial charge in [-0.05, 0) is 29.8 Å². The van der Waals surface area contributed by atoms with Crippen LogP contribution in [-0.4, -0.2) is 16.6 Å². The van der Waals surface area contributed by atoms with Crippen LogP contribution in [0.2, 0.25) is 5.02 Å². The first-order chi connectivity index (χ1) is 10.7. The molecule has 3 nitrogen and oxygen atoms in total. The number of nitrogens with zero attached hydrogens (tertiary/aromatic N) is 1. The Morgan fingerprint density at radius 3 is 2.91 bits per heavy atom. The lowest BCUT2D eigenvalue weighted by atomic mass is 10.2. The highest BCUT2D eigenvalue weighted by molar-refractivity contribution is 7.99. The van der Waals surface area contributed by atoms with Gasteiger partial charge in [0.25, 0.3) is 0 Å². The Morgan fingerprint density at radius 1 is 1.23 bits per heavy atom. The Kier molecular flexibility index (Phi) is 4.97. The zero-order chi connectivity index (χ0) is 15.4. The molecule has 0 aliphatic rings. The van der Waals surface area contributed by atoms with E-state index in [9.17, 15) is 4.79 Å². The quantitative estimate of drug-likeness (QED) is 0.718. The fraction of sp³-hybridized carbons (Fsp3) is 0.125. The molecule has 0 aliphatic heterocycles. The first kappa shape index (κ1) is 15.3. The number of amides is 1. The molecule has 0 unspecified atom stereocenters. The monoisotopic (exact) mass is 348 g/mol. The Bertz CT molecular complexity index is 770. The van der Waals surface area contributed by atoms with Gasteiger partial charge in [-0.2, -0.15) is 0 Å². The molecule has 0 spiro atoms. The Hall–Kier alpha value is -1.56. The first-order valence-corrected chi connectivity index (χ1v) is 9.03. The van der Waals surface area contributed by atoms with Crippen molar-refractivity contribution in [3.05, 3.63) is 59.1 Å². The molecular formula is C16H13ClN2OS2. The molecule has 6 heteroatoms. The predicted molar refractivity (Wildman–Crippen MR) is 95.9 cm³/mol. The van der Waals surface area contributed by atoms with Crippen molar-refractivity contribution in [2.24, 2.45) is 0 Å². The van der Waals surface area contributed by atoms with Crippen LogP contribution in [0, 0.1) is 0 Å². The van der Waals surface area contributed by atoms with E-state index >= 15 is 0 Å². The van der Waals surface area contributed by atoms with E-state index in [0.29, 0.717) is 10.9 Å². The molecule has 2 aromatic carbocycles. The second kappa shape index (κ2) is 7.13. The molecule has 0 saturated heterocycles. The maximum atomic E-state index is 12.0. The van der Waals surface area contributed by atoms with Gasteiger partial charge in [-0.3, -0.25) is 4.79 Å². The van der Waals surface area contributed by atoms with Crippen molar-refractivity contribution in [2.45, 2.75) is 5.75 Å². The molecule has 1 heterocycles. The summed E-state index contributed by atoms with van der Waals surface area (Å²) in [4.78, 5) is 16.3. The maximum Gasteiger partial charge on any atom is 0.236 e. The molecule has 3 rings (SSSR count). The summed E-state index contributed by atoms with van der Waals surface area (Å²) in [7, 11) is 0. The second-order valence-corrected chi connectivity index (χ2v) is 7.11. The molecule has 0 fully saturated rings. The van der Waals surface area contributed by atoms with Gasteiger partial charge in [0.15, 0.2) is 5.13 Å². The molecule has 0 saturated carbocycles. The van der Waals surface area contributed by atoms with Gasteiger partial charge in [0, 0.05) is 10.8 Å². The van der Waals surface area contributed by atoms with Crippen LogP contribution in [0.1, 0.15) is 5.56 Å². The number of benzene rings is 2. The summed E-state index contributed by atoms with van der Waals surface area (Å²) in [5, 5.41) is 4.22. The highest BCUT2D eigenvalue weighted by Crippen LogP contribution is 2.25. The van der Waals surface area contributed by atoms with Crippen molar-refractivity contribution in [1.29, 1.82) is 0 Å². The van der Waals surface area contributed by atoms with Gasteiger partial charge in [0.1, 0.15) is 0 Å². The number of anilines is 1. The largest absolute Gasteiger partial charge is 0.301 e. The first-order valence-electron chi connectivity index (χ1n) is 6.68. The molecule has 1 amide bonds. The van der Waals surface area contributed by atoms with Crippen LogP contribution in [-0.2, 0) is 10.5 Å². The third-order valence-corrected chi connectivity index (χ3v) is 5.12. The van der Waals surface area contributed by atoms with E-state index in [1.165, 1.54) is 11.3 Å². The Balaban J connectivity index is 1.52. The molecule has 22 heavy (non-hydrogen) atoms. The Morgan fingerprint density at radius 2 is 2.09 bits per heavy atom. The predicted octanol–water partition coefficient (Wildman–Crippen LogP) is 4.82. The smallest absolute Gasteiger partial charge is 0.236 e. The summed E-state index contributed by atoms with van der Waals surface area (Å²) < 4.78 is 1.07. The number of fused-ring (bicyclic) bond motifs is 1. The van der Waals surface area contributed by atoms with Crippen LogP contribution in [0.3, 0.4) is 0 Å². The zero-order valence-electron chi connectivity index (χ0n) is 11.6. The van der Waals surface area contributed by atoms with Crippen LogP contribution in [0.5, 0.6) is 0 Å². The van der Waals surface area contributed by atoms with Crippen molar-refractivity contribution in [3.63, 3.8) is 0 Å². The Labute approximate surface area is 141 Å². The molecule has 1 aromatic heterocycles. The number of halogens is 1. The van der Waals surface area contributed by atoms with Crippen molar-refractivity contribution in [2.75, 3.05) is 11.1 Å². The van der Waals surface area contributed by atoms with Gasteiger partial charge in [-0.15, -0.1) is 11.8 Å². The normalized spacial score (nSPS) is 10.8. The minimum absolute atomic E-state index is 0.0360. The van der Waals surface area contributed by atoms with Gasteiger partial charge in [-0.1, -0.05) is 47.2 Å². The maximum absolute atomic E-state index is 12.0. The van der Waals surface area contributed by atoms with Gasteiger partial charge in [0.2, 0.25) is 5.91 Å². The average Bonchev–Trinajstić information content (AvgIpc) is 2.89. The molecule has 0 atom stereocenters. The van der Waals surface area contributed by atoms with Gasteiger partial charge in [-0.25, -0.2) is 4.98 Å². The SMILES string of the molecule is O=C(CSCc1cccc(Cl)c1)Nc1nc2ccccc2s1. The number of aromatic nitrogens is 1. The van der Waals surface area contributed by atoms with Crippen LogP contribution in [0.25, 0.3) is 10.2 Å². The summed E-state index contributed by atoms with van der Waals surface area (Å²) in [5.74, 6) is 1.11. The van der Waals surface area contributed by atoms with E-state index in [2.05, 4.69) is 10.3 Å². The van der Waals surface area contributed by atoms with E-state index in [0.717, 1.165) is 26.6 Å². The molecule has 0 aliphatic carbocycles. The minimum Gasteiger partial charge on any atom is -0.301 e. The van der Waals surface area contributed by atoms with Gasteiger partial charge < -0.3 is 5.32 Å². The number of carbonyl (C=O) groups is 1. The topological polar surface area (TPSA) is 42.0 Å². The van der Waals surface area contributed by atoms with Gasteiger partial charge >= 0.3 is 0 Å². The van der Waals surface area contributed by atoms with Crippen molar-refractivity contribution >= 4 is 56.0 Å². The van der Waals surface area contributed by atoms with Crippen LogP contribution >= 0.6 is 34.7 Å². The standard InChI is InChI=1S/C16H13ClN2OS2/c17-12-5-3-4-11(8-12)9-21-10-15(20)19-16-18-13-6-1-2-7-14(13)22-16/h1-8H,9-10H2,(H,18,19,20). The van der Waals surface area contributed by atoms with E-state index in [-0.39, 0.29) is 5.91 Å². The third-order valence-electron chi connectivity index (χ3n) is 2.93. The van der Waals surface area contributed by atoms with E-state index in [1.807, 2.05) is 48.5 Å². The fourth-order valence-corrected chi connectivity index (χ4v) is 3.84. The summed E-state index contributed by atoms with van der Waals surface area (Å²) >= 11 is 8.98. The summed E-state index contributed by atoms with van der Waals surface area (Å²) in [6.07, 6.45) is 0. The minimum atomic E-state index is -0.0360. The van der Waals surface area contributed by atoms with Crippen LogP contribution < -0.4 is 5.32 Å². The van der Waals surface area contributed by atoms with E-state index in [4.69, 9.17) is 11.6 Å². The van der Waals surface area contributed by atoms with Crippen molar-refractivity contribution in [3.8, 4) is 0 Å². The molecule has 3 aromatic rings. The molecule has 0 radical (unpaired) electrons. The summed E-state index contributed by atoms with van der Waals surface area (Å²) in [6.45, 7) is 0. The number of thiazole rings is 1. The molecule has 112 valence electrons. The second-order valence-electron chi connectivity index (χ2n) is 4.66. The number of nitrogens with one attached hydrogen (secondary N) is 1. The molecule has 1 N–H and O–H groups in total. The summed E-state index contributed by atoms with van der Waals surface area (Å²) in [5.41, 5.74) is 2.03. The highest BCUT2D eigenvalue weighted by Gasteiger charge is 2.07. The van der Waals surface area contributed by atoms with E-state index in [1.54, 1.807) is 11.8 Å². The number of carbonyl (C=O) groups excluding carboxylic acids is 1. The van der Waals surface area contributed by atoms with Crippen molar-refractivity contribution in [1.82, 2.24) is 4.98 Å². The number of hydrogen-bond donors (Lipinski definition) is 1. The van der Waals surface area contributed by atoms with Crippen LogP contribution in [0.15, 0.2) is 48.5 Å². The van der Waals surface area contributed by atoms with Crippen LogP contribution in [0.4, 0.5) is 5.13 Å². The lowest BCUT2D eigenvalue weighted by molar-refractivity contribution is -0.113. The lowest BCUT2D eigenvalue weighted by Crippen LogP contribution is -2.13. The number of para-hydroxylation sites is 1. The zero-order valence-corrected chi connectivity index (χ0v) is 14.0. The number of thioether (sulfide) groups is 1. The lowest BCUT2D eigenvalue weighted by Gasteiger charge is -2.03. The summed E-state index contributed by atoms with van der Waals surface area (Å²) in [6, 6.07) is 15.5. The van der Waals surface area contributed by atoms with E-state index < -0.39 is 0 Å². The molecule has 0 bridgehead atoms. The number of rotatable bonds is 5. The third kappa shape index (κ3) is 4.00. The van der Waals surface area contributed by atoms with Crippen molar-refractivity contribution < 1.29 is 4.79 Å². The highest BCUT2D eigenvalue weighted by atomic mass is 35.5. The van der Waals surface area contributed by atoms with Gasteiger partial charge in [0.05, 0.1) is 16.0 Å². The average molecular weight is 349 g/mol.